The van der Waals surface area contributed by atoms with Crippen LogP contribution in [-0.2, 0) is 13.1 Å². The molecule has 0 aromatic carbocycles. The third-order valence-electron chi connectivity index (χ3n) is 4.38. The predicted octanol–water partition coefficient (Wildman–Crippen LogP) is 2.00. The number of amides is 1. The van der Waals surface area contributed by atoms with Gasteiger partial charge in [-0.2, -0.15) is 0 Å². The summed E-state index contributed by atoms with van der Waals surface area (Å²) in [5.74, 6) is 1.56. The van der Waals surface area contributed by atoms with Crippen LogP contribution in [0.3, 0.4) is 0 Å². The van der Waals surface area contributed by atoms with E-state index in [4.69, 9.17) is 0 Å². The van der Waals surface area contributed by atoms with Crippen molar-refractivity contribution in [2.45, 2.75) is 45.7 Å². The third-order valence-corrected chi connectivity index (χ3v) is 4.38. The van der Waals surface area contributed by atoms with E-state index in [-0.39, 0.29) is 5.91 Å². The number of aryl methyl sites for hydroxylation is 1. The minimum absolute atomic E-state index is 0.143. The standard InChI is InChI=1S/C17H24N6O/c1-2-22-13-20-21-16(22)12-19-17(24)14-7-8-15(18-11-14)23-9-5-3-4-6-10-23/h7-8,11,13H,2-6,9-10,12H2,1H3,(H,19,24). The van der Waals surface area contributed by atoms with Crippen LogP contribution in [0.2, 0.25) is 0 Å². The van der Waals surface area contributed by atoms with Crippen LogP contribution in [0.15, 0.2) is 24.7 Å². The van der Waals surface area contributed by atoms with Crippen molar-refractivity contribution in [3.63, 3.8) is 0 Å². The largest absolute Gasteiger partial charge is 0.357 e. The normalized spacial score (nSPS) is 15.1. The van der Waals surface area contributed by atoms with Crippen LogP contribution in [0, 0.1) is 0 Å². The first-order chi connectivity index (χ1) is 11.8. The first-order valence-electron chi connectivity index (χ1n) is 8.64. The number of pyridine rings is 1. The molecule has 0 atom stereocenters. The number of aromatic nitrogens is 4. The Labute approximate surface area is 142 Å². The fraction of sp³-hybridized carbons (Fsp3) is 0.529. The average Bonchev–Trinajstić information content (AvgIpc) is 2.91. The summed E-state index contributed by atoms with van der Waals surface area (Å²) in [5, 5.41) is 10.7. The summed E-state index contributed by atoms with van der Waals surface area (Å²) < 4.78 is 1.90. The predicted molar refractivity (Wildman–Crippen MR) is 91.8 cm³/mol. The highest BCUT2D eigenvalue weighted by molar-refractivity contribution is 5.93. The van der Waals surface area contributed by atoms with Crippen LogP contribution >= 0.6 is 0 Å². The number of rotatable bonds is 5. The van der Waals surface area contributed by atoms with Crippen molar-refractivity contribution >= 4 is 11.7 Å². The maximum Gasteiger partial charge on any atom is 0.253 e. The molecule has 0 bridgehead atoms. The smallest absolute Gasteiger partial charge is 0.253 e. The third kappa shape index (κ3) is 3.90. The first-order valence-corrected chi connectivity index (χ1v) is 8.64. The molecule has 0 saturated carbocycles. The molecule has 2 aromatic rings. The van der Waals surface area contributed by atoms with E-state index in [1.807, 2.05) is 23.6 Å². The van der Waals surface area contributed by atoms with Crippen LogP contribution in [0.25, 0.3) is 0 Å². The molecule has 7 nitrogen and oxygen atoms in total. The van der Waals surface area contributed by atoms with Gasteiger partial charge in [-0.1, -0.05) is 12.8 Å². The molecule has 1 aliphatic rings. The van der Waals surface area contributed by atoms with Crippen molar-refractivity contribution in [3.8, 4) is 0 Å². The van der Waals surface area contributed by atoms with E-state index in [1.54, 1.807) is 12.5 Å². The van der Waals surface area contributed by atoms with E-state index in [9.17, 15) is 4.79 Å². The first kappa shape index (κ1) is 16.4. The number of hydrogen-bond acceptors (Lipinski definition) is 5. The van der Waals surface area contributed by atoms with Crippen molar-refractivity contribution < 1.29 is 4.79 Å². The molecule has 7 heteroatoms. The van der Waals surface area contributed by atoms with Crippen LogP contribution in [0.4, 0.5) is 5.82 Å². The molecule has 24 heavy (non-hydrogen) atoms. The molecule has 3 heterocycles. The molecule has 128 valence electrons. The number of carbonyl (C=O) groups excluding carboxylic acids is 1. The summed E-state index contributed by atoms with van der Waals surface area (Å²) in [7, 11) is 0. The molecule has 1 N–H and O–H groups in total. The van der Waals surface area contributed by atoms with Gasteiger partial charge in [-0.05, 0) is 31.9 Å². The van der Waals surface area contributed by atoms with E-state index in [0.717, 1.165) is 31.3 Å². The summed E-state index contributed by atoms with van der Waals surface area (Å²) in [5.41, 5.74) is 0.566. The lowest BCUT2D eigenvalue weighted by atomic mass is 10.2. The monoisotopic (exact) mass is 328 g/mol. The van der Waals surface area contributed by atoms with E-state index in [1.165, 1.54) is 25.7 Å². The summed E-state index contributed by atoms with van der Waals surface area (Å²) in [6.45, 7) is 5.25. The zero-order valence-corrected chi connectivity index (χ0v) is 14.1. The van der Waals surface area contributed by atoms with Gasteiger partial charge < -0.3 is 14.8 Å². The number of anilines is 1. The fourth-order valence-corrected chi connectivity index (χ4v) is 2.95. The van der Waals surface area contributed by atoms with Crippen LogP contribution in [0.1, 0.15) is 48.8 Å². The van der Waals surface area contributed by atoms with Gasteiger partial charge in [-0.25, -0.2) is 4.98 Å². The maximum absolute atomic E-state index is 12.3. The summed E-state index contributed by atoms with van der Waals surface area (Å²) >= 11 is 0. The second kappa shape index (κ2) is 7.90. The number of carbonyl (C=O) groups is 1. The van der Waals surface area contributed by atoms with Crippen molar-refractivity contribution in [2.24, 2.45) is 0 Å². The Balaban J connectivity index is 1.59. The van der Waals surface area contributed by atoms with Crippen LogP contribution in [-0.4, -0.2) is 38.7 Å². The minimum atomic E-state index is -0.143. The van der Waals surface area contributed by atoms with E-state index >= 15 is 0 Å². The molecule has 1 saturated heterocycles. The van der Waals surface area contributed by atoms with Crippen LogP contribution < -0.4 is 10.2 Å². The lowest BCUT2D eigenvalue weighted by molar-refractivity contribution is 0.0949. The minimum Gasteiger partial charge on any atom is -0.357 e. The van der Waals surface area contributed by atoms with Crippen molar-refractivity contribution in [1.82, 2.24) is 25.1 Å². The maximum atomic E-state index is 12.3. The topological polar surface area (TPSA) is 75.9 Å². The quantitative estimate of drug-likeness (QED) is 0.908. The Hall–Kier alpha value is -2.44. The van der Waals surface area contributed by atoms with Gasteiger partial charge in [-0.15, -0.1) is 10.2 Å². The van der Waals surface area contributed by atoms with Gasteiger partial charge in [0.15, 0.2) is 5.82 Å². The lowest BCUT2D eigenvalue weighted by Crippen LogP contribution is -2.26. The van der Waals surface area contributed by atoms with Gasteiger partial charge in [0.25, 0.3) is 5.91 Å². The molecular formula is C17H24N6O. The highest BCUT2D eigenvalue weighted by Crippen LogP contribution is 2.17. The Morgan fingerprint density at radius 2 is 2.00 bits per heavy atom. The Bertz CT molecular complexity index is 658. The average molecular weight is 328 g/mol. The fourth-order valence-electron chi connectivity index (χ4n) is 2.95. The van der Waals surface area contributed by atoms with Crippen molar-refractivity contribution in [1.29, 1.82) is 0 Å². The number of nitrogens with zero attached hydrogens (tertiary/aromatic N) is 5. The van der Waals surface area contributed by atoms with E-state index in [2.05, 4.69) is 25.4 Å². The molecule has 1 aliphatic heterocycles. The molecule has 0 unspecified atom stereocenters. The Morgan fingerprint density at radius 1 is 1.21 bits per heavy atom. The highest BCUT2D eigenvalue weighted by atomic mass is 16.1. The Morgan fingerprint density at radius 3 is 2.67 bits per heavy atom. The SMILES string of the molecule is CCn1cnnc1CNC(=O)c1ccc(N2CCCCCC2)nc1. The van der Waals surface area contributed by atoms with Gasteiger partial charge in [0.2, 0.25) is 0 Å². The highest BCUT2D eigenvalue weighted by Gasteiger charge is 2.13. The van der Waals surface area contributed by atoms with Gasteiger partial charge in [0, 0.05) is 25.8 Å². The molecule has 0 radical (unpaired) electrons. The Kier molecular flexibility index (Phi) is 5.40. The number of hydrogen-bond donors (Lipinski definition) is 1. The second-order valence-corrected chi connectivity index (χ2v) is 6.02. The van der Waals surface area contributed by atoms with Gasteiger partial charge in [0.05, 0.1) is 12.1 Å². The molecule has 2 aromatic heterocycles. The van der Waals surface area contributed by atoms with Gasteiger partial charge >= 0.3 is 0 Å². The molecule has 0 spiro atoms. The van der Waals surface area contributed by atoms with E-state index < -0.39 is 0 Å². The molecular weight excluding hydrogens is 304 g/mol. The van der Waals surface area contributed by atoms with Crippen molar-refractivity contribution in [2.75, 3.05) is 18.0 Å². The lowest BCUT2D eigenvalue weighted by Gasteiger charge is -2.21. The summed E-state index contributed by atoms with van der Waals surface area (Å²) in [4.78, 5) is 19.0. The van der Waals surface area contributed by atoms with E-state index in [0.29, 0.717) is 12.1 Å². The van der Waals surface area contributed by atoms with Crippen molar-refractivity contribution in [3.05, 3.63) is 36.0 Å². The zero-order chi connectivity index (χ0) is 16.8. The summed E-state index contributed by atoms with van der Waals surface area (Å²) in [6, 6.07) is 3.78. The second-order valence-electron chi connectivity index (χ2n) is 6.02. The summed E-state index contributed by atoms with van der Waals surface area (Å²) in [6.07, 6.45) is 8.32. The molecule has 1 fully saturated rings. The molecule has 3 rings (SSSR count). The van der Waals surface area contributed by atoms with Gasteiger partial charge in [0.1, 0.15) is 12.1 Å². The molecule has 0 aliphatic carbocycles. The van der Waals surface area contributed by atoms with Crippen LogP contribution in [0.5, 0.6) is 0 Å². The number of nitrogens with one attached hydrogen (secondary N) is 1. The van der Waals surface area contributed by atoms with Gasteiger partial charge in [-0.3, -0.25) is 4.79 Å². The molecule has 1 amide bonds. The zero-order valence-electron chi connectivity index (χ0n) is 14.1.